The molecule has 0 aromatic carbocycles. The van der Waals surface area contributed by atoms with Crippen LogP contribution in [0.25, 0.3) is 0 Å². The topological polar surface area (TPSA) is 129 Å². The third-order valence-electron chi connectivity index (χ3n) is 3.35. The molecule has 2 atom stereocenters. The first kappa shape index (κ1) is 13.7. The first-order chi connectivity index (χ1) is 9.52. The van der Waals surface area contributed by atoms with Crippen molar-refractivity contribution >= 4 is 17.5 Å². The molecule has 1 aliphatic rings. The van der Waals surface area contributed by atoms with Gasteiger partial charge in [-0.2, -0.15) is 5.26 Å². The maximum Gasteiger partial charge on any atom is 0.328 e. The van der Waals surface area contributed by atoms with E-state index < -0.39 is 16.8 Å². The third kappa shape index (κ3) is 2.66. The van der Waals surface area contributed by atoms with Crippen molar-refractivity contribution in [1.29, 1.82) is 5.26 Å². The second-order valence-corrected chi connectivity index (χ2v) is 4.61. The molecule has 2 rings (SSSR count). The summed E-state index contributed by atoms with van der Waals surface area (Å²) in [6.07, 6.45) is 2.84. The standard InChI is InChI=1S/C12H12N4O4/c13-6-8-3-4-14-11(10(8)16(19)20)15-9-2-1-7(5-9)12(17)18/h3-4,7,9H,1-2,5H2,(H,14,15)(H,17,18). The van der Waals surface area contributed by atoms with Gasteiger partial charge in [0, 0.05) is 12.2 Å². The molecule has 8 heteroatoms. The quantitative estimate of drug-likeness (QED) is 0.629. The van der Waals surface area contributed by atoms with Crippen LogP contribution in [-0.2, 0) is 4.79 Å². The van der Waals surface area contributed by atoms with Gasteiger partial charge in [0.15, 0.2) is 0 Å². The Morgan fingerprint density at radius 2 is 2.35 bits per heavy atom. The largest absolute Gasteiger partial charge is 0.481 e. The van der Waals surface area contributed by atoms with Crippen LogP contribution < -0.4 is 5.32 Å². The lowest BCUT2D eigenvalue weighted by Crippen LogP contribution is -2.19. The third-order valence-corrected chi connectivity index (χ3v) is 3.35. The maximum atomic E-state index is 11.0. The minimum Gasteiger partial charge on any atom is -0.481 e. The van der Waals surface area contributed by atoms with Gasteiger partial charge in [0.2, 0.25) is 5.82 Å². The van der Waals surface area contributed by atoms with Crippen molar-refractivity contribution < 1.29 is 14.8 Å². The van der Waals surface area contributed by atoms with Crippen molar-refractivity contribution in [2.75, 3.05) is 5.32 Å². The number of nitro groups is 1. The Bertz CT molecular complexity index is 596. The fourth-order valence-electron chi connectivity index (χ4n) is 2.36. The smallest absolute Gasteiger partial charge is 0.328 e. The van der Waals surface area contributed by atoms with E-state index in [4.69, 9.17) is 10.4 Å². The number of rotatable bonds is 4. The van der Waals surface area contributed by atoms with Crippen LogP contribution in [-0.4, -0.2) is 27.0 Å². The van der Waals surface area contributed by atoms with Crippen LogP contribution in [0.2, 0.25) is 0 Å². The van der Waals surface area contributed by atoms with Crippen LogP contribution in [0.5, 0.6) is 0 Å². The van der Waals surface area contributed by atoms with E-state index in [1.54, 1.807) is 6.07 Å². The zero-order chi connectivity index (χ0) is 14.7. The molecule has 1 saturated carbocycles. The molecule has 0 radical (unpaired) electrons. The summed E-state index contributed by atoms with van der Waals surface area (Å²) in [6, 6.07) is 2.85. The molecular formula is C12H12N4O4. The van der Waals surface area contributed by atoms with Crippen molar-refractivity contribution in [3.8, 4) is 6.07 Å². The number of aromatic nitrogens is 1. The van der Waals surface area contributed by atoms with Gasteiger partial charge in [-0.1, -0.05) is 0 Å². The molecule has 1 fully saturated rings. The number of carboxylic acid groups (broad SMARTS) is 1. The van der Waals surface area contributed by atoms with Gasteiger partial charge in [-0.25, -0.2) is 4.98 Å². The summed E-state index contributed by atoms with van der Waals surface area (Å²) in [5.74, 6) is -1.28. The van der Waals surface area contributed by atoms with Gasteiger partial charge in [-0.05, 0) is 25.3 Å². The van der Waals surface area contributed by atoms with Crippen LogP contribution in [0.4, 0.5) is 11.5 Å². The van der Waals surface area contributed by atoms with E-state index in [-0.39, 0.29) is 23.1 Å². The number of hydrogen-bond acceptors (Lipinski definition) is 6. The summed E-state index contributed by atoms with van der Waals surface area (Å²) >= 11 is 0. The summed E-state index contributed by atoms with van der Waals surface area (Å²) < 4.78 is 0. The van der Waals surface area contributed by atoms with Crippen molar-refractivity contribution in [3.63, 3.8) is 0 Å². The van der Waals surface area contributed by atoms with E-state index in [1.807, 2.05) is 0 Å². The highest BCUT2D eigenvalue weighted by Crippen LogP contribution is 2.32. The van der Waals surface area contributed by atoms with Crippen molar-refractivity contribution in [1.82, 2.24) is 4.98 Å². The fraction of sp³-hybridized carbons (Fsp3) is 0.417. The van der Waals surface area contributed by atoms with Crippen LogP contribution >= 0.6 is 0 Å². The zero-order valence-corrected chi connectivity index (χ0v) is 10.4. The summed E-state index contributed by atoms with van der Waals surface area (Å²) in [7, 11) is 0. The Hall–Kier alpha value is -2.69. The number of carboxylic acids is 1. The van der Waals surface area contributed by atoms with E-state index in [0.717, 1.165) is 0 Å². The Morgan fingerprint density at radius 1 is 1.60 bits per heavy atom. The normalized spacial score (nSPS) is 21.1. The number of hydrogen-bond donors (Lipinski definition) is 2. The van der Waals surface area contributed by atoms with Crippen molar-refractivity contribution in [2.45, 2.75) is 25.3 Å². The van der Waals surface area contributed by atoms with Crippen molar-refractivity contribution in [3.05, 3.63) is 27.9 Å². The number of anilines is 1. The van der Waals surface area contributed by atoms with Gasteiger partial charge < -0.3 is 10.4 Å². The Kier molecular flexibility index (Phi) is 3.79. The van der Waals surface area contributed by atoms with Gasteiger partial charge in [-0.15, -0.1) is 0 Å². The predicted octanol–water partition coefficient (Wildman–Crippen LogP) is 1.53. The molecule has 0 amide bonds. The number of pyridine rings is 1. The zero-order valence-electron chi connectivity index (χ0n) is 10.4. The highest BCUT2D eigenvalue weighted by atomic mass is 16.6. The van der Waals surface area contributed by atoms with E-state index in [2.05, 4.69) is 10.3 Å². The lowest BCUT2D eigenvalue weighted by atomic mass is 10.1. The van der Waals surface area contributed by atoms with Crippen LogP contribution in [0.15, 0.2) is 12.3 Å². The molecule has 0 bridgehead atoms. The number of nitrogens with one attached hydrogen (secondary N) is 1. The molecule has 1 aliphatic carbocycles. The summed E-state index contributed by atoms with van der Waals surface area (Å²) in [5, 5.41) is 31.7. The molecule has 1 aromatic rings. The molecule has 0 spiro atoms. The predicted molar refractivity (Wildman–Crippen MR) is 68.0 cm³/mol. The number of nitriles is 1. The van der Waals surface area contributed by atoms with Crippen LogP contribution in [0, 0.1) is 27.4 Å². The second-order valence-electron chi connectivity index (χ2n) is 4.61. The molecule has 1 aromatic heterocycles. The Morgan fingerprint density at radius 3 is 2.90 bits per heavy atom. The van der Waals surface area contributed by atoms with Gasteiger partial charge >= 0.3 is 11.7 Å². The van der Waals surface area contributed by atoms with E-state index in [1.165, 1.54) is 12.3 Å². The Labute approximate surface area is 114 Å². The van der Waals surface area contributed by atoms with Crippen molar-refractivity contribution in [2.24, 2.45) is 5.92 Å². The number of nitrogens with zero attached hydrogens (tertiary/aromatic N) is 3. The molecule has 2 unspecified atom stereocenters. The van der Waals surface area contributed by atoms with Gasteiger partial charge in [0.25, 0.3) is 0 Å². The minimum atomic E-state index is -0.859. The second kappa shape index (κ2) is 5.52. The molecule has 20 heavy (non-hydrogen) atoms. The van der Waals surface area contributed by atoms with E-state index in [9.17, 15) is 14.9 Å². The molecule has 2 N–H and O–H groups in total. The maximum absolute atomic E-state index is 11.0. The highest BCUT2D eigenvalue weighted by molar-refractivity contribution is 5.71. The number of carbonyl (C=O) groups is 1. The lowest BCUT2D eigenvalue weighted by Gasteiger charge is -2.13. The first-order valence-electron chi connectivity index (χ1n) is 6.05. The Balaban J connectivity index is 2.21. The average Bonchev–Trinajstić information content (AvgIpc) is 2.86. The number of aliphatic carboxylic acids is 1. The van der Waals surface area contributed by atoms with Gasteiger partial charge in [0.1, 0.15) is 11.6 Å². The van der Waals surface area contributed by atoms with Gasteiger partial charge in [-0.3, -0.25) is 14.9 Å². The molecule has 8 nitrogen and oxygen atoms in total. The fourth-order valence-corrected chi connectivity index (χ4v) is 2.36. The van der Waals surface area contributed by atoms with E-state index >= 15 is 0 Å². The molecule has 0 aliphatic heterocycles. The van der Waals surface area contributed by atoms with Crippen LogP contribution in [0.3, 0.4) is 0 Å². The molecular weight excluding hydrogens is 264 g/mol. The summed E-state index contributed by atoms with van der Waals surface area (Å²) in [6.45, 7) is 0. The molecule has 1 heterocycles. The van der Waals surface area contributed by atoms with E-state index in [0.29, 0.717) is 19.3 Å². The van der Waals surface area contributed by atoms with Gasteiger partial charge in [0.05, 0.1) is 10.8 Å². The SMILES string of the molecule is N#Cc1ccnc(NC2CCC(C(=O)O)C2)c1[N+](=O)[O-]. The molecule has 0 saturated heterocycles. The monoisotopic (exact) mass is 276 g/mol. The first-order valence-corrected chi connectivity index (χ1v) is 6.05. The lowest BCUT2D eigenvalue weighted by molar-refractivity contribution is -0.384. The minimum absolute atomic E-state index is 0.0186. The average molecular weight is 276 g/mol. The highest BCUT2D eigenvalue weighted by Gasteiger charge is 2.31. The molecule has 104 valence electrons. The summed E-state index contributed by atoms with van der Waals surface area (Å²) in [5.41, 5.74) is -0.436. The van der Waals surface area contributed by atoms with Crippen LogP contribution in [0.1, 0.15) is 24.8 Å². The summed E-state index contributed by atoms with van der Waals surface area (Å²) in [4.78, 5) is 25.1.